The van der Waals surface area contributed by atoms with Crippen molar-refractivity contribution in [3.05, 3.63) is 12.4 Å². The highest BCUT2D eigenvalue weighted by molar-refractivity contribution is 7.99. The molecule has 0 fully saturated rings. The first-order chi connectivity index (χ1) is 7.13. The summed E-state index contributed by atoms with van der Waals surface area (Å²) in [5, 5.41) is 4.04. The van der Waals surface area contributed by atoms with Crippen molar-refractivity contribution in [2.45, 2.75) is 17.4 Å². The summed E-state index contributed by atoms with van der Waals surface area (Å²) in [7, 11) is 3.21. The van der Waals surface area contributed by atoms with Crippen LogP contribution in [0.4, 0.5) is 0 Å². The predicted octanol–water partition coefficient (Wildman–Crippen LogP) is 0.403. The highest BCUT2D eigenvalue weighted by Crippen LogP contribution is 2.17. The Balaban J connectivity index is 2.24. The number of aryl methyl sites for hydroxylation is 1. The van der Waals surface area contributed by atoms with E-state index in [1.165, 1.54) is 7.11 Å². The molecule has 1 atom stereocenters. The molecule has 0 amide bonds. The molecule has 0 aliphatic rings. The molecular weight excluding hydrogens is 214 g/mol. The molecule has 0 aromatic carbocycles. The summed E-state index contributed by atoms with van der Waals surface area (Å²) in [5.74, 6) is 0.420. The van der Waals surface area contributed by atoms with Crippen LogP contribution < -0.4 is 5.73 Å². The maximum absolute atomic E-state index is 11.0. The van der Waals surface area contributed by atoms with E-state index in [4.69, 9.17) is 5.73 Å². The fourth-order valence-electron chi connectivity index (χ4n) is 1.05. The zero-order chi connectivity index (χ0) is 11.3. The molecule has 0 saturated carbocycles. The molecule has 5 nitrogen and oxygen atoms in total. The lowest BCUT2D eigenvalue weighted by atomic mass is 10.2. The first kappa shape index (κ1) is 12.1. The van der Waals surface area contributed by atoms with Crippen LogP contribution in [-0.2, 0) is 16.6 Å². The molecule has 1 rings (SSSR count). The summed E-state index contributed by atoms with van der Waals surface area (Å²) in [5.41, 5.74) is 5.59. The van der Waals surface area contributed by atoms with Gasteiger partial charge in [0.15, 0.2) is 0 Å². The Bertz CT molecular complexity index is 327. The molecule has 1 aromatic rings. The second-order valence-corrected chi connectivity index (χ2v) is 4.28. The van der Waals surface area contributed by atoms with E-state index in [0.29, 0.717) is 6.42 Å². The lowest BCUT2D eigenvalue weighted by Crippen LogP contribution is -2.31. The van der Waals surface area contributed by atoms with E-state index in [1.807, 2.05) is 13.2 Å². The van der Waals surface area contributed by atoms with Gasteiger partial charge in [-0.1, -0.05) is 0 Å². The number of esters is 1. The maximum atomic E-state index is 11.0. The molecule has 84 valence electrons. The molecule has 1 heterocycles. The lowest BCUT2D eigenvalue weighted by Gasteiger charge is -2.07. The van der Waals surface area contributed by atoms with Gasteiger partial charge in [0.25, 0.3) is 0 Å². The van der Waals surface area contributed by atoms with Crippen molar-refractivity contribution in [1.29, 1.82) is 0 Å². The van der Waals surface area contributed by atoms with Gasteiger partial charge in [-0.15, -0.1) is 11.8 Å². The van der Waals surface area contributed by atoms with Crippen LogP contribution in [0, 0.1) is 0 Å². The summed E-state index contributed by atoms with van der Waals surface area (Å²) in [6, 6.07) is -0.529. The molecule has 15 heavy (non-hydrogen) atoms. The van der Waals surface area contributed by atoms with Gasteiger partial charge < -0.3 is 10.5 Å². The van der Waals surface area contributed by atoms with Crippen molar-refractivity contribution in [3.8, 4) is 0 Å². The molecule has 0 saturated heterocycles. The van der Waals surface area contributed by atoms with Crippen molar-refractivity contribution in [2.24, 2.45) is 12.8 Å². The SMILES string of the molecule is COC(=O)C(N)CCSc1cnn(C)c1. The molecule has 0 aliphatic carbocycles. The predicted molar refractivity (Wildman–Crippen MR) is 58.5 cm³/mol. The second-order valence-electron chi connectivity index (χ2n) is 3.12. The zero-order valence-electron chi connectivity index (χ0n) is 8.84. The third-order valence-electron chi connectivity index (χ3n) is 1.88. The molecule has 0 bridgehead atoms. The number of nitrogens with zero attached hydrogens (tertiary/aromatic N) is 2. The van der Waals surface area contributed by atoms with E-state index in [1.54, 1.807) is 22.6 Å². The smallest absolute Gasteiger partial charge is 0.322 e. The van der Waals surface area contributed by atoms with Gasteiger partial charge in [-0.2, -0.15) is 5.10 Å². The van der Waals surface area contributed by atoms with Crippen molar-refractivity contribution >= 4 is 17.7 Å². The van der Waals surface area contributed by atoms with Crippen molar-refractivity contribution in [3.63, 3.8) is 0 Å². The second kappa shape index (κ2) is 5.77. The third-order valence-corrected chi connectivity index (χ3v) is 2.87. The van der Waals surface area contributed by atoms with Crippen LogP contribution in [0.2, 0.25) is 0 Å². The van der Waals surface area contributed by atoms with Gasteiger partial charge in [0.1, 0.15) is 6.04 Å². The Morgan fingerprint density at radius 3 is 3.07 bits per heavy atom. The topological polar surface area (TPSA) is 70.1 Å². The minimum Gasteiger partial charge on any atom is -0.468 e. The number of hydrogen-bond donors (Lipinski definition) is 1. The Kier molecular flexibility index (Phi) is 4.64. The fraction of sp³-hybridized carbons (Fsp3) is 0.556. The first-order valence-electron chi connectivity index (χ1n) is 4.58. The fourth-order valence-corrected chi connectivity index (χ4v) is 2.00. The van der Waals surface area contributed by atoms with Crippen LogP contribution in [0.1, 0.15) is 6.42 Å². The van der Waals surface area contributed by atoms with Crippen LogP contribution in [0.5, 0.6) is 0 Å². The van der Waals surface area contributed by atoms with E-state index in [9.17, 15) is 4.79 Å². The third kappa shape index (κ3) is 3.93. The number of carbonyl (C=O) groups excluding carboxylic acids is 1. The van der Waals surface area contributed by atoms with Crippen LogP contribution in [0.25, 0.3) is 0 Å². The number of nitrogens with two attached hydrogens (primary N) is 1. The largest absolute Gasteiger partial charge is 0.468 e. The summed E-state index contributed by atoms with van der Waals surface area (Å²) in [6.45, 7) is 0. The molecular formula is C9H15N3O2S. The van der Waals surface area contributed by atoms with Gasteiger partial charge in [0, 0.05) is 23.9 Å². The van der Waals surface area contributed by atoms with Gasteiger partial charge >= 0.3 is 5.97 Å². The Hall–Kier alpha value is -1.01. The highest BCUT2D eigenvalue weighted by atomic mass is 32.2. The Labute approximate surface area is 93.0 Å². The van der Waals surface area contributed by atoms with Gasteiger partial charge in [-0.05, 0) is 6.42 Å². The zero-order valence-corrected chi connectivity index (χ0v) is 9.66. The number of aromatic nitrogens is 2. The molecule has 6 heteroatoms. The number of rotatable bonds is 5. The van der Waals surface area contributed by atoms with Crippen molar-refractivity contribution < 1.29 is 9.53 Å². The number of carbonyl (C=O) groups is 1. The van der Waals surface area contributed by atoms with Gasteiger partial charge in [0.05, 0.1) is 13.3 Å². The highest BCUT2D eigenvalue weighted by Gasteiger charge is 2.12. The Morgan fingerprint density at radius 2 is 2.53 bits per heavy atom. The van der Waals surface area contributed by atoms with Crippen LogP contribution >= 0.6 is 11.8 Å². The van der Waals surface area contributed by atoms with E-state index in [2.05, 4.69) is 9.84 Å². The minimum absolute atomic E-state index is 0.359. The molecule has 0 radical (unpaired) electrons. The van der Waals surface area contributed by atoms with Crippen LogP contribution in [-0.4, -0.2) is 34.7 Å². The monoisotopic (exact) mass is 229 g/mol. The summed E-state index contributed by atoms with van der Waals surface area (Å²) in [6.07, 6.45) is 4.31. The van der Waals surface area contributed by atoms with E-state index < -0.39 is 6.04 Å². The number of methoxy groups -OCH3 is 1. The van der Waals surface area contributed by atoms with Crippen LogP contribution in [0.3, 0.4) is 0 Å². The number of hydrogen-bond acceptors (Lipinski definition) is 5. The average Bonchev–Trinajstić information content (AvgIpc) is 2.63. The molecule has 0 aliphatic heterocycles. The Morgan fingerprint density at radius 1 is 1.80 bits per heavy atom. The van der Waals surface area contributed by atoms with E-state index in [0.717, 1.165) is 10.6 Å². The molecule has 2 N–H and O–H groups in total. The van der Waals surface area contributed by atoms with E-state index in [-0.39, 0.29) is 5.97 Å². The molecule has 1 aromatic heterocycles. The van der Waals surface area contributed by atoms with Crippen molar-refractivity contribution in [2.75, 3.05) is 12.9 Å². The van der Waals surface area contributed by atoms with Gasteiger partial charge in [-0.25, -0.2) is 0 Å². The number of thioether (sulfide) groups is 1. The quantitative estimate of drug-likeness (QED) is 0.584. The summed E-state index contributed by atoms with van der Waals surface area (Å²) in [4.78, 5) is 12.1. The van der Waals surface area contributed by atoms with Crippen molar-refractivity contribution in [1.82, 2.24) is 9.78 Å². The van der Waals surface area contributed by atoms with Gasteiger partial charge in [0.2, 0.25) is 0 Å². The molecule has 0 spiro atoms. The summed E-state index contributed by atoms with van der Waals surface area (Å²) >= 11 is 1.63. The average molecular weight is 229 g/mol. The first-order valence-corrected chi connectivity index (χ1v) is 5.57. The number of ether oxygens (including phenoxy) is 1. The minimum atomic E-state index is -0.529. The van der Waals surface area contributed by atoms with Crippen LogP contribution in [0.15, 0.2) is 17.3 Å². The molecule has 1 unspecified atom stereocenters. The summed E-state index contributed by atoms with van der Waals surface area (Å²) < 4.78 is 6.27. The lowest BCUT2D eigenvalue weighted by molar-refractivity contribution is -0.142. The van der Waals surface area contributed by atoms with E-state index >= 15 is 0 Å². The maximum Gasteiger partial charge on any atom is 0.322 e. The van der Waals surface area contributed by atoms with Gasteiger partial charge in [-0.3, -0.25) is 9.48 Å². The normalized spacial score (nSPS) is 12.5. The standard InChI is InChI=1S/C9H15N3O2S/c1-12-6-7(5-11-12)15-4-3-8(10)9(13)14-2/h5-6,8H,3-4,10H2,1-2H3.